The molecule has 0 aliphatic heterocycles. The summed E-state index contributed by atoms with van der Waals surface area (Å²) in [4.78, 5) is 0. The minimum absolute atomic E-state index is 0.552. The molecular weight excluding hydrogens is 432 g/mol. The molecule has 2 saturated carbocycles. The second kappa shape index (κ2) is 8.95. The van der Waals surface area contributed by atoms with E-state index < -0.39 is 0 Å². The second-order valence-corrected chi connectivity index (χ2v) is 10.4. The Morgan fingerprint density at radius 3 is 1.36 bits per heavy atom. The minimum Gasteiger partial charge on any atom is -0.0799 e. The van der Waals surface area contributed by atoms with Gasteiger partial charge in [-0.25, -0.2) is 0 Å². The number of benzene rings is 4. The Labute approximate surface area is 214 Å². The average molecular weight is 463 g/mol. The smallest absolute Gasteiger partial charge is 0.00208 e. The molecule has 0 N–H and O–H groups in total. The van der Waals surface area contributed by atoms with E-state index in [0.29, 0.717) is 23.7 Å². The first-order chi connectivity index (χ1) is 17.9. The molecule has 174 valence electrons. The van der Waals surface area contributed by atoms with Crippen LogP contribution in [0.5, 0.6) is 0 Å². The molecule has 4 atom stereocenters. The van der Waals surface area contributed by atoms with Gasteiger partial charge in [0.05, 0.1) is 0 Å². The van der Waals surface area contributed by atoms with Crippen LogP contribution in [0, 0.1) is 23.7 Å². The van der Waals surface area contributed by atoms with Crippen molar-refractivity contribution in [3.8, 4) is 0 Å². The molecule has 0 amide bonds. The van der Waals surface area contributed by atoms with Crippen molar-refractivity contribution in [3.63, 3.8) is 0 Å². The van der Waals surface area contributed by atoms with E-state index in [9.17, 15) is 0 Å². The fourth-order valence-corrected chi connectivity index (χ4v) is 7.28. The normalized spacial score (nSPS) is 23.7. The fourth-order valence-electron chi connectivity index (χ4n) is 7.28. The summed E-state index contributed by atoms with van der Waals surface area (Å²) in [7, 11) is 0. The number of rotatable bonds is 4. The van der Waals surface area contributed by atoms with E-state index in [1.807, 2.05) is 0 Å². The van der Waals surface area contributed by atoms with E-state index in [-0.39, 0.29) is 0 Å². The van der Waals surface area contributed by atoms with Gasteiger partial charge in [-0.15, -0.1) is 0 Å². The van der Waals surface area contributed by atoms with Crippen LogP contribution >= 0.6 is 0 Å². The Balaban J connectivity index is 1.44. The molecule has 0 nitrogen and oxygen atoms in total. The minimum atomic E-state index is 0.552. The van der Waals surface area contributed by atoms with Gasteiger partial charge in [0.1, 0.15) is 0 Å². The van der Waals surface area contributed by atoms with Crippen molar-refractivity contribution >= 4 is 11.1 Å². The van der Waals surface area contributed by atoms with E-state index >= 15 is 0 Å². The van der Waals surface area contributed by atoms with Gasteiger partial charge in [0.25, 0.3) is 0 Å². The Kier molecular flexibility index (Phi) is 5.32. The largest absolute Gasteiger partial charge is 0.0799 e. The SMILES string of the molecule is C1=C[C@@H]2[C@@H](C1=C(c1ccccc1)c1ccccc1)[C@H]1CC[C@@H]2C1=C(c1ccccc1)c1ccccc1. The van der Waals surface area contributed by atoms with Crippen LogP contribution in [0.4, 0.5) is 0 Å². The molecular formula is C36H30. The third kappa shape index (κ3) is 3.44. The van der Waals surface area contributed by atoms with Crippen molar-refractivity contribution in [2.24, 2.45) is 23.7 Å². The molecule has 4 aromatic rings. The van der Waals surface area contributed by atoms with Crippen molar-refractivity contribution in [1.82, 2.24) is 0 Å². The first kappa shape index (κ1) is 21.4. The van der Waals surface area contributed by atoms with Crippen LogP contribution in [-0.4, -0.2) is 0 Å². The quantitative estimate of drug-likeness (QED) is 0.284. The topological polar surface area (TPSA) is 0 Å². The lowest BCUT2D eigenvalue weighted by Crippen LogP contribution is -2.19. The maximum Gasteiger partial charge on any atom is -0.00208 e. The standard InChI is InChI=1S/C36H30/c1-5-13-25(14-6-1)33(26-15-7-2-8-16-26)31-23-21-29-30-22-24-32(35(29)31)36(30)34(27-17-9-3-10-18-27)28-19-11-4-12-20-28/h1-21,23,29-30,32,35H,22,24H2/t29-,30-,32+,35-/m0/s1. The Morgan fingerprint density at radius 2 is 0.889 bits per heavy atom. The number of fused-ring (bicyclic) bond motifs is 5. The van der Waals surface area contributed by atoms with Gasteiger partial charge >= 0.3 is 0 Å². The molecule has 3 aliphatic carbocycles. The van der Waals surface area contributed by atoms with Crippen LogP contribution in [0.2, 0.25) is 0 Å². The number of allylic oxidation sites excluding steroid dienone is 4. The average Bonchev–Trinajstić information content (AvgIpc) is 3.64. The van der Waals surface area contributed by atoms with Crippen LogP contribution in [0.15, 0.2) is 145 Å². The molecule has 3 aliphatic rings. The van der Waals surface area contributed by atoms with Gasteiger partial charge in [-0.1, -0.05) is 139 Å². The Hall–Kier alpha value is -3.90. The lowest BCUT2D eigenvalue weighted by Gasteiger charge is -2.27. The molecule has 0 heteroatoms. The van der Waals surface area contributed by atoms with Gasteiger partial charge < -0.3 is 0 Å². The third-order valence-corrected chi connectivity index (χ3v) is 8.58. The number of hydrogen-bond donors (Lipinski definition) is 0. The predicted molar refractivity (Wildman–Crippen MR) is 150 cm³/mol. The molecule has 0 radical (unpaired) electrons. The zero-order chi connectivity index (χ0) is 23.9. The van der Waals surface area contributed by atoms with Gasteiger partial charge in [0, 0.05) is 0 Å². The highest BCUT2D eigenvalue weighted by atomic mass is 14.6. The molecule has 36 heavy (non-hydrogen) atoms. The summed E-state index contributed by atoms with van der Waals surface area (Å²) in [5, 5.41) is 0. The van der Waals surface area contributed by atoms with Gasteiger partial charge in [-0.2, -0.15) is 0 Å². The van der Waals surface area contributed by atoms with Gasteiger partial charge in [0.15, 0.2) is 0 Å². The molecule has 0 aromatic heterocycles. The van der Waals surface area contributed by atoms with Gasteiger partial charge in [-0.05, 0) is 75.5 Å². The van der Waals surface area contributed by atoms with E-state index in [0.717, 1.165) is 0 Å². The highest BCUT2D eigenvalue weighted by molar-refractivity contribution is 5.87. The van der Waals surface area contributed by atoms with Crippen molar-refractivity contribution in [3.05, 3.63) is 167 Å². The first-order valence-corrected chi connectivity index (χ1v) is 13.3. The summed E-state index contributed by atoms with van der Waals surface area (Å²) >= 11 is 0. The van der Waals surface area contributed by atoms with E-state index in [1.54, 1.807) is 5.57 Å². The summed E-state index contributed by atoms with van der Waals surface area (Å²) in [6, 6.07) is 44.2. The zero-order valence-electron chi connectivity index (χ0n) is 20.4. The van der Waals surface area contributed by atoms with Gasteiger partial charge in [0.2, 0.25) is 0 Å². The van der Waals surface area contributed by atoms with Crippen molar-refractivity contribution in [1.29, 1.82) is 0 Å². The van der Waals surface area contributed by atoms with Crippen molar-refractivity contribution < 1.29 is 0 Å². The molecule has 2 fully saturated rings. The molecule has 0 saturated heterocycles. The van der Waals surface area contributed by atoms with E-state index in [1.165, 1.54) is 51.8 Å². The van der Waals surface area contributed by atoms with Crippen LogP contribution in [0.3, 0.4) is 0 Å². The zero-order valence-corrected chi connectivity index (χ0v) is 20.4. The summed E-state index contributed by atoms with van der Waals surface area (Å²) in [6.07, 6.45) is 7.60. The monoisotopic (exact) mass is 462 g/mol. The van der Waals surface area contributed by atoms with E-state index in [4.69, 9.17) is 0 Å². The number of hydrogen-bond acceptors (Lipinski definition) is 0. The van der Waals surface area contributed by atoms with Crippen molar-refractivity contribution in [2.75, 3.05) is 0 Å². The second-order valence-electron chi connectivity index (χ2n) is 10.4. The van der Waals surface area contributed by atoms with Crippen LogP contribution in [0.1, 0.15) is 35.1 Å². The molecule has 7 rings (SSSR count). The van der Waals surface area contributed by atoms with E-state index in [2.05, 4.69) is 133 Å². The summed E-state index contributed by atoms with van der Waals surface area (Å²) in [5.74, 6) is 2.36. The van der Waals surface area contributed by atoms with Crippen LogP contribution < -0.4 is 0 Å². The maximum atomic E-state index is 2.54. The molecule has 0 unspecified atom stereocenters. The summed E-state index contributed by atoms with van der Waals surface area (Å²) < 4.78 is 0. The highest BCUT2D eigenvalue weighted by Gasteiger charge is 2.54. The highest BCUT2D eigenvalue weighted by Crippen LogP contribution is 2.64. The van der Waals surface area contributed by atoms with Crippen LogP contribution in [0.25, 0.3) is 11.1 Å². The molecule has 0 heterocycles. The predicted octanol–water partition coefficient (Wildman–Crippen LogP) is 8.83. The third-order valence-electron chi connectivity index (χ3n) is 8.58. The molecule has 0 spiro atoms. The summed E-state index contributed by atoms with van der Waals surface area (Å²) in [5.41, 5.74) is 11.5. The summed E-state index contributed by atoms with van der Waals surface area (Å²) in [6.45, 7) is 0. The Bertz CT molecular complexity index is 1370. The first-order valence-electron chi connectivity index (χ1n) is 13.3. The fraction of sp³-hybridized carbons (Fsp3) is 0.167. The van der Waals surface area contributed by atoms with Crippen molar-refractivity contribution in [2.45, 2.75) is 12.8 Å². The van der Waals surface area contributed by atoms with Gasteiger partial charge in [-0.3, -0.25) is 0 Å². The lowest BCUT2D eigenvalue weighted by atomic mass is 9.76. The lowest BCUT2D eigenvalue weighted by molar-refractivity contribution is 0.322. The molecule has 4 aromatic carbocycles. The van der Waals surface area contributed by atoms with Crippen LogP contribution in [-0.2, 0) is 0 Å². The maximum absolute atomic E-state index is 2.54. The molecule has 2 bridgehead atoms. The Morgan fingerprint density at radius 1 is 0.472 bits per heavy atom.